The van der Waals surface area contributed by atoms with Crippen molar-refractivity contribution >= 4 is 51.4 Å². The number of thioether (sulfide) groups is 1. The van der Waals surface area contributed by atoms with Crippen LogP contribution in [0.5, 0.6) is 0 Å². The third kappa shape index (κ3) is 3.59. The Labute approximate surface area is 138 Å². The third-order valence-electron chi connectivity index (χ3n) is 3.02. The molecule has 0 spiro atoms. The highest BCUT2D eigenvalue weighted by Crippen LogP contribution is 2.34. The van der Waals surface area contributed by atoms with Crippen LogP contribution in [0, 0.1) is 5.41 Å². The fraction of sp³-hybridized carbons (Fsp3) is 0.0625. The van der Waals surface area contributed by atoms with E-state index in [0.717, 1.165) is 10.6 Å². The Morgan fingerprint density at radius 3 is 2.57 bits per heavy atom. The van der Waals surface area contributed by atoms with Gasteiger partial charge in [-0.1, -0.05) is 36.4 Å². The van der Waals surface area contributed by atoms with Gasteiger partial charge in [-0.05, 0) is 23.8 Å². The van der Waals surface area contributed by atoms with Gasteiger partial charge in [0.1, 0.15) is 5.84 Å². The zero-order valence-electron chi connectivity index (χ0n) is 11.2. The molecule has 0 amide bonds. The van der Waals surface area contributed by atoms with Gasteiger partial charge in [0.25, 0.3) is 0 Å². The molecule has 0 aliphatic carbocycles. The molecule has 0 fully saturated rings. The van der Waals surface area contributed by atoms with Crippen LogP contribution in [-0.4, -0.2) is 5.84 Å². The number of nitrogen functional groups attached to an aromatic ring is 1. The standard InChI is InChI=1S/C16H14N2S2.ClH/c17-16(18)15-9-12-13(7-4-8-14(12)20-15)19-10-11-5-2-1-3-6-11;/h1-9H,10H2,(H3,17,18);1H. The molecular formula is C16H15ClN2S2. The minimum absolute atomic E-state index is 0. The lowest BCUT2D eigenvalue weighted by Gasteiger charge is -2.03. The molecule has 3 aromatic rings. The van der Waals surface area contributed by atoms with Crippen molar-refractivity contribution in [3.63, 3.8) is 0 Å². The summed E-state index contributed by atoms with van der Waals surface area (Å²) in [7, 11) is 0. The molecule has 1 heterocycles. The van der Waals surface area contributed by atoms with Crippen molar-refractivity contribution in [2.75, 3.05) is 0 Å². The first-order valence-electron chi connectivity index (χ1n) is 6.28. The Hall–Kier alpha value is -1.49. The number of rotatable bonds is 4. The second-order valence-corrected chi connectivity index (χ2v) is 6.57. The molecule has 5 heteroatoms. The van der Waals surface area contributed by atoms with Crippen LogP contribution in [-0.2, 0) is 5.75 Å². The summed E-state index contributed by atoms with van der Waals surface area (Å²) >= 11 is 3.40. The molecule has 0 atom stereocenters. The number of halogens is 1. The molecule has 0 aliphatic heterocycles. The van der Waals surface area contributed by atoms with Crippen molar-refractivity contribution in [2.24, 2.45) is 5.73 Å². The summed E-state index contributed by atoms with van der Waals surface area (Å²) in [4.78, 5) is 2.09. The zero-order chi connectivity index (χ0) is 13.9. The van der Waals surface area contributed by atoms with Gasteiger partial charge >= 0.3 is 0 Å². The van der Waals surface area contributed by atoms with E-state index in [0.29, 0.717) is 0 Å². The second-order valence-electron chi connectivity index (χ2n) is 4.47. The van der Waals surface area contributed by atoms with E-state index in [4.69, 9.17) is 11.1 Å². The van der Waals surface area contributed by atoms with Gasteiger partial charge in [0.15, 0.2) is 0 Å². The molecular weight excluding hydrogens is 320 g/mol. The van der Waals surface area contributed by atoms with Crippen molar-refractivity contribution in [2.45, 2.75) is 10.6 Å². The smallest absolute Gasteiger partial charge is 0.133 e. The Bertz CT molecular complexity index is 753. The maximum Gasteiger partial charge on any atom is 0.133 e. The van der Waals surface area contributed by atoms with Crippen LogP contribution >= 0.6 is 35.5 Å². The highest BCUT2D eigenvalue weighted by molar-refractivity contribution is 7.98. The monoisotopic (exact) mass is 334 g/mol. The molecule has 3 rings (SSSR count). The van der Waals surface area contributed by atoms with Crippen LogP contribution in [0.15, 0.2) is 59.5 Å². The molecule has 21 heavy (non-hydrogen) atoms. The third-order valence-corrected chi connectivity index (χ3v) is 5.30. The molecule has 0 unspecified atom stereocenters. The van der Waals surface area contributed by atoms with Gasteiger partial charge in [-0.15, -0.1) is 35.5 Å². The molecule has 108 valence electrons. The van der Waals surface area contributed by atoms with E-state index in [-0.39, 0.29) is 18.2 Å². The van der Waals surface area contributed by atoms with Crippen LogP contribution in [0.1, 0.15) is 10.4 Å². The van der Waals surface area contributed by atoms with Gasteiger partial charge in [-0.25, -0.2) is 0 Å². The summed E-state index contributed by atoms with van der Waals surface area (Å²) in [5, 5.41) is 8.75. The van der Waals surface area contributed by atoms with E-state index in [9.17, 15) is 0 Å². The first-order chi connectivity index (χ1) is 9.74. The lowest BCUT2D eigenvalue weighted by atomic mass is 10.2. The van der Waals surface area contributed by atoms with Crippen LogP contribution in [0.4, 0.5) is 0 Å². The number of hydrogen-bond donors (Lipinski definition) is 2. The van der Waals surface area contributed by atoms with Gasteiger partial charge in [0, 0.05) is 20.7 Å². The number of amidine groups is 1. The summed E-state index contributed by atoms with van der Waals surface area (Å²) < 4.78 is 1.19. The number of thiophene rings is 1. The Balaban J connectivity index is 0.00000161. The molecule has 0 radical (unpaired) electrons. The zero-order valence-corrected chi connectivity index (χ0v) is 13.7. The minimum atomic E-state index is 0. The number of nitrogens with two attached hydrogens (primary N) is 1. The molecule has 2 nitrogen and oxygen atoms in total. The van der Waals surface area contributed by atoms with Crippen LogP contribution in [0.2, 0.25) is 0 Å². The van der Waals surface area contributed by atoms with Crippen LogP contribution in [0.3, 0.4) is 0 Å². The lowest BCUT2D eigenvalue weighted by Crippen LogP contribution is -2.08. The highest BCUT2D eigenvalue weighted by Gasteiger charge is 2.08. The van der Waals surface area contributed by atoms with Gasteiger partial charge in [0.2, 0.25) is 0 Å². The molecule has 0 saturated heterocycles. The van der Waals surface area contributed by atoms with Gasteiger partial charge in [0.05, 0.1) is 4.88 Å². The van der Waals surface area contributed by atoms with E-state index < -0.39 is 0 Å². The Morgan fingerprint density at radius 1 is 1.10 bits per heavy atom. The molecule has 0 aliphatic rings. The first kappa shape index (κ1) is 15.9. The van der Waals surface area contributed by atoms with Gasteiger partial charge in [-0.3, -0.25) is 5.41 Å². The predicted molar refractivity (Wildman–Crippen MR) is 96.1 cm³/mol. The SMILES string of the molecule is Cl.N=C(N)c1cc2c(SCc3ccccc3)cccc2s1. The number of nitrogens with one attached hydrogen (secondary N) is 1. The maximum atomic E-state index is 7.56. The second kappa shape index (κ2) is 6.98. The van der Waals surface area contributed by atoms with E-state index in [1.54, 1.807) is 11.3 Å². The summed E-state index contributed by atoms with van der Waals surface area (Å²) in [5.74, 6) is 1.09. The molecule has 0 saturated carbocycles. The van der Waals surface area contributed by atoms with E-state index >= 15 is 0 Å². The first-order valence-corrected chi connectivity index (χ1v) is 8.08. The molecule has 3 N–H and O–H groups in total. The van der Waals surface area contributed by atoms with E-state index in [1.807, 2.05) is 23.9 Å². The normalized spacial score (nSPS) is 10.3. The van der Waals surface area contributed by atoms with Crippen molar-refractivity contribution in [3.8, 4) is 0 Å². The fourth-order valence-electron chi connectivity index (χ4n) is 2.03. The summed E-state index contributed by atoms with van der Waals surface area (Å²) in [6.07, 6.45) is 0. The lowest BCUT2D eigenvalue weighted by molar-refractivity contribution is 1.40. The van der Waals surface area contributed by atoms with Gasteiger partial charge in [-0.2, -0.15) is 0 Å². The van der Waals surface area contributed by atoms with E-state index in [2.05, 4.69) is 42.5 Å². The number of hydrogen-bond acceptors (Lipinski definition) is 3. The van der Waals surface area contributed by atoms with Crippen molar-refractivity contribution in [1.29, 1.82) is 5.41 Å². The summed E-state index contributed by atoms with van der Waals surface area (Å²) in [6, 6.07) is 18.7. The maximum absolute atomic E-state index is 7.56. The number of fused-ring (bicyclic) bond motifs is 1. The number of benzene rings is 2. The Kier molecular flexibility index (Phi) is 5.28. The average Bonchev–Trinajstić information content (AvgIpc) is 2.91. The highest BCUT2D eigenvalue weighted by atomic mass is 35.5. The van der Waals surface area contributed by atoms with Crippen molar-refractivity contribution in [1.82, 2.24) is 0 Å². The summed E-state index contributed by atoms with van der Waals surface area (Å²) in [6.45, 7) is 0. The summed E-state index contributed by atoms with van der Waals surface area (Å²) in [5.41, 5.74) is 6.90. The molecule has 0 bridgehead atoms. The quantitative estimate of drug-likeness (QED) is 0.405. The minimum Gasteiger partial charge on any atom is -0.383 e. The van der Waals surface area contributed by atoms with Crippen LogP contribution in [0.25, 0.3) is 10.1 Å². The molecule has 2 aromatic carbocycles. The van der Waals surface area contributed by atoms with Crippen molar-refractivity contribution in [3.05, 3.63) is 65.0 Å². The van der Waals surface area contributed by atoms with Crippen LogP contribution < -0.4 is 5.73 Å². The van der Waals surface area contributed by atoms with Gasteiger partial charge < -0.3 is 5.73 Å². The van der Waals surface area contributed by atoms with Crippen molar-refractivity contribution < 1.29 is 0 Å². The average molecular weight is 335 g/mol. The Morgan fingerprint density at radius 2 is 1.86 bits per heavy atom. The topological polar surface area (TPSA) is 49.9 Å². The predicted octanol–water partition coefficient (Wildman–Crippen LogP) is 4.90. The fourth-order valence-corrected chi connectivity index (χ4v) is 4.06. The largest absolute Gasteiger partial charge is 0.383 e. The molecule has 1 aromatic heterocycles. The van der Waals surface area contributed by atoms with E-state index in [1.165, 1.54) is 20.5 Å².